The Balaban J connectivity index is 2.85. The minimum atomic E-state index is -1.03. The minimum absolute atomic E-state index is 0.121. The Morgan fingerprint density at radius 2 is 1.88 bits per heavy atom. The van der Waals surface area contributed by atoms with Gasteiger partial charge in [-0.2, -0.15) is 4.37 Å². The molecule has 0 atom stereocenters. The summed E-state index contributed by atoms with van der Waals surface area (Å²) in [5.41, 5.74) is -1.15. The Bertz CT molecular complexity index is 393. The summed E-state index contributed by atoms with van der Waals surface area (Å²) in [5, 5.41) is 12.4. The molecule has 0 aliphatic heterocycles. The van der Waals surface area contributed by atoms with Crippen LogP contribution in [-0.2, 0) is 10.2 Å². The van der Waals surface area contributed by atoms with Gasteiger partial charge in [0.25, 0.3) is 0 Å². The van der Waals surface area contributed by atoms with Crippen molar-refractivity contribution < 1.29 is 9.90 Å². The Labute approximate surface area is 99.1 Å². The summed E-state index contributed by atoms with van der Waals surface area (Å²) < 4.78 is 4.21. The number of anilines is 1. The molecule has 1 rings (SSSR count). The predicted molar refractivity (Wildman–Crippen MR) is 63.9 cm³/mol. The lowest BCUT2D eigenvalue weighted by molar-refractivity contribution is -0.141. The molecule has 0 aromatic carbocycles. The third kappa shape index (κ3) is 2.91. The van der Waals surface area contributed by atoms with Crippen molar-refractivity contribution in [2.45, 2.75) is 45.6 Å². The third-order valence-electron chi connectivity index (χ3n) is 2.05. The molecule has 16 heavy (non-hydrogen) atoms. The van der Waals surface area contributed by atoms with Crippen LogP contribution in [0, 0.1) is 0 Å². The van der Waals surface area contributed by atoms with Crippen molar-refractivity contribution in [3.05, 3.63) is 5.82 Å². The molecule has 0 saturated carbocycles. The van der Waals surface area contributed by atoms with E-state index in [1.165, 1.54) is 11.5 Å². The van der Waals surface area contributed by atoms with E-state index in [9.17, 15) is 4.79 Å². The number of aromatic nitrogens is 2. The summed E-state index contributed by atoms with van der Waals surface area (Å²) in [6, 6.07) is 0. The van der Waals surface area contributed by atoms with E-state index in [2.05, 4.69) is 14.7 Å². The lowest BCUT2D eigenvalue weighted by Gasteiger charge is -2.20. The van der Waals surface area contributed by atoms with Crippen molar-refractivity contribution in [2.75, 3.05) is 5.32 Å². The van der Waals surface area contributed by atoms with E-state index in [0.717, 1.165) is 5.82 Å². The number of nitrogens with one attached hydrogen (secondary N) is 1. The SMILES string of the molecule is CC(C)(Nc1nc(C(C)(C)C)ns1)C(=O)O. The van der Waals surface area contributed by atoms with Crippen LogP contribution in [0.5, 0.6) is 0 Å². The van der Waals surface area contributed by atoms with Gasteiger partial charge < -0.3 is 10.4 Å². The molecule has 1 heterocycles. The molecule has 6 heteroatoms. The van der Waals surface area contributed by atoms with Crippen LogP contribution in [0.4, 0.5) is 5.13 Å². The number of aliphatic carboxylic acids is 1. The maximum absolute atomic E-state index is 10.9. The van der Waals surface area contributed by atoms with Gasteiger partial charge in [-0.1, -0.05) is 20.8 Å². The van der Waals surface area contributed by atoms with E-state index in [-0.39, 0.29) is 5.41 Å². The zero-order chi connectivity index (χ0) is 12.6. The molecular weight excluding hydrogens is 226 g/mol. The van der Waals surface area contributed by atoms with Crippen LogP contribution in [0.15, 0.2) is 0 Å². The molecule has 0 aliphatic rings. The smallest absolute Gasteiger partial charge is 0.328 e. The van der Waals surface area contributed by atoms with Gasteiger partial charge in [0.2, 0.25) is 5.13 Å². The highest BCUT2D eigenvalue weighted by atomic mass is 32.1. The standard InChI is InChI=1S/C10H17N3O2S/c1-9(2,3)6-11-8(16-13-6)12-10(4,5)7(14)15/h1-5H3,(H,14,15)(H,11,12,13). The number of hydrogen-bond donors (Lipinski definition) is 2. The average molecular weight is 243 g/mol. The predicted octanol–water partition coefficient (Wildman–Crippen LogP) is 2.11. The molecule has 0 aliphatic carbocycles. The Kier molecular flexibility index (Phi) is 3.23. The fraction of sp³-hybridized carbons (Fsp3) is 0.700. The first-order valence-corrected chi connectivity index (χ1v) is 5.76. The van der Waals surface area contributed by atoms with E-state index in [0.29, 0.717) is 5.13 Å². The van der Waals surface area contributed by atoms with Crippen molar-refractivity contribution in [3.63, 3.8) is 0 Å². The molecule has 0 unspecified atom stereocenters. The first-order valence-electron chi connectivity index (χ1n) is 4.99. The van der Waals surface area contributed by atoms with Gasteiger partial charge in [-0.3, -0.25) is 0 Å². The minimum Gasteiger partial charge on any atom is -0.480 e. The highest BCUT2D eigenvalue weighted by Crippen LogP contribution is 2.24. The van der Waals surface area contributed by atoms with Crippen molar-refractivity contribution >= 4 is 22.6 Å². The van der Waals surface area contributed by atoms with Crippen LogP contribution >= 0.6 is 11.5 Å². The Hall–Kier alpha value is -1.17. The van der Waals surface area contributed by atoms with Gasteiger partial charge in [0, 0.05) is 16.9 Å². The summed E-state index contributed by atoms with van der Waals surface area (Å²) >= 11 is 1.19. The van der Waals surface area contributed by atoms with Gasteiger partial charge in [-0.15, -0.1) is 0 Å². The van der Waals surface area contributed by atoms with E-state index in [1.54, 1.807) is 13.8 Å². The number of hydrogen-bond acceptors (Lipinski definition) is 5. The molecule has 5 nitrogen and oxygen atoms in total. The molecule has 1 aromatic heterocycles. The molecule has 0 spiro atoms. The monoisotopic (exact) mass is 243 g/mol. The summed E-state index contributed by atoms with van der Waals surface area (Å²) in [6.45, 7) is 9.23. The fourth-order valence-electron chi connectivity index (χ4n) is 0.900. The molecule has 0 amide bonds. The largest absolute Gasteiger partial charge is 0.480 e. The molecule has 0 saturated heterocycles. The molecule has 0 fully saturated rings. The lowest BCUT2D eigenvalue weighted by atomic mass is 9.96. The first-order chi connectivity index (χ1) is 7.13. The lowest BCUT2D eigenvalue weighted by Crippen LogP contribution is -2.39. The van der Waals surface area contributed by atoms with Crippen LogP contribution in [0.2, 0.25) is 0 Å². The summed E-state index contributed by atoms with van der Waals surface area (Å²) in [4.78, 5) is 15.2. The summed E-state index contributed by atoms with van der Waals surface area (Å²) in [6.07, 6.45) is 0. The van der Waals surface area contributed by atoms with E-state index in [1.807, 2.05) is 20.8 Å². The van der Waals surface area contributed by atoms with Crippen molar-refractivity contribution in [1.82, 2.24) is 9.36 Å². The van der Waals surface area contributed by atoms with Gasteiger partial charge in [0.1, 0.15) is 11.4 Å². The van der Waals surface area contributed by atoms with Gasteiger partial charge in [-0.25, -0.2) is 9.78 Å². The highest BCUT2D eigenvalue weighted by Gasteiger charge is 2.29. The van der Waals surface area contributed by atoms with Crippen LogP contribution < -0.4 is 5.32 Å². The Morgan fingerprint density at radius 1 is 1.31 bits per heavy atom. The normalized spacial score (nSPS) is 12.6. The van der Waals surface area contributed by atoms with Gasteiger partial charge in [0.05, 0.1) is 0 Å². The molecular formula is C10H17N3O2S. The quantitative estimate of drug-likeness (QED) is 0.850. The second kappa shape index (κ2) is 4.01. The van der Waals surface area contributed by atoms with Crippen LogP contribution in [-0.4, -0.2) is 26.0 Å². The highest BCUT2D eigenvalue weighted by molar-refractivity contribution is 7.09. The molecule has 0 bridgehead atoms. The first kappa shape index (κ1) is 12.9. The summed E-state index contributed by atoms with van der Waals surface area (Å²) in [5.74, 6) is -0.193. The number of carboxylic acid groups (broad SMARTS) is 1. The van der Waals surface area contributed by atoms with Gasteiger partial charge in [0.15, 0.2) is 0 Å². The van der Waals surface area contributed by atoms with Crippen molar-refractivity contribution in [2.24, 2.45) is 0 Å². The second-order valence-corrected chi connectivity index (χ2v) is 5.98. The van der Waals surface area contributed by atoms with E-state index < -0.39 is 11.5 Å². The van der Waals surface area contributed by atoms with Crippen LogP contribution in [0.1, 0.15) is 40.4 Å². The van der Waals surface area contributed by atoms with Crippen LogP contribution in [0.3, 0.4) is 0 Å². The van der Waals surface area contributed by atoms with Crippen molar-refractivity contribution in [3.8, 4) is 0 Å². The molecule has 0 radical (unpaired) electrons. The Morgan fingerprint density at radius 3 is 2.25 bits per heavy atom. The second-order valence-electron chi connectivity index (χ2n) is 5.23. The molecule has 2 N–H and O–H groups in total. The zero-order valence-corrected chi connectivity index (χ0v) is 11.0. The maximum Gasteiger partial charge on any atom is 0.328 e. The fourth-order valence-corrected chi connectivity index (χ4v) is 1.82. The number of nitrogens with zero attached hydrogens (tertiary/aromatic N) is 2. The van der Waals surface area contributed by atoms with Crippen LogP contribution in [0.25, 0.3) is 0 Å². The number of carbonyl (C=O) groups is 1. The topological polar surface area (TPSA) is 75.1 Å². The summed E-state index contributed by atoms with van der Waals surface area (Å²) in [7, 11) is 0. The van der Waals surface area contributed by atoms with Gasteiger partial charge in [-0.05, 0) is 13.8 Å². The van der Waals surface area contributed by atoms with Crippen molar-refractivity contribution in [1.29, 1.82) is 0 Å². The zero-order valence-electron chi connectivity index (χ0n) is 10.2. The number of rotatable bonds is 3. The molecule has 90 valence electrons. The number of carboxylic acids is 1. The van der Waals surface area contributed by atoms with E-state index >= 15 is 0 Å². The third-order valence-corrected chi connectivity index (χ3v) is 2.68. The molecule has 1 aromatic rings. The van der Waals surface area contributed by atoms with Gasteiger partial charge >= 0.3 is 5.97 Å². The maximum atomic E-state index is 10.9. The average Bonchev–Trinajstić information content (AvgIpc) is 2.50. The van der Waals surface area contributed by atoms with E-state index in [4.69, 9.17) is 5.11 Å².